The van der Waals surface area contributed by atoms with Crippen LogP contribution < -0.4 is 0 Å². The molecule has 0 N–H and O–H groups in total. The van der Waals surface area contributed by atoms with Crippen LogP contribution in [0, 0.1) is 13.8 Å². The minimum atomic E-state index is 1.18. The van der Waals surface area contributed by atoms with Gasteiger partial charge < -0.3 is 9.13 Å². The van der Waals surface area contributed by atoms with Crippen LogP contribution in [0.15, 0.2) is 133 Å². The van der Waals surface area contributed by atoms with Crippen LogP contribution in [0.2, 0.25) is 0 Å². The van der Waals surface area contributed by atoms with E-state index in [-0.39, 0.29) is 0 Å². The molecule has 0 aliphatic carbocycles. The molecule has 2 nitrogen and oxygen atoms in total. The second kappa shape index (κ2) is 8.72. The number of aryl methyl sites for hydroxylation is 2. The molecule has 0 fully saturated rings. The molecule has 0 amide bonds. The van der Waals surface area contributed by atoms with Gasteiger partial charge in [-0.3, -0.25) is 0 Å². The molecule has 0 unspecified atom stereocenters. The number of nitrogens with zero attached hydrogens (tertiary/aromatic N) is 2. The number of benzene rings is 6. The van der Waals surface area contributed by atoms with Crippen LogP contribution in [0.4, 0.5) is 0 Å². The molecule has 0 spiro atoms. The molecule has 2 heteroatoms. The molecular weight excluding hydrogens is 484 g/mol. The Bertz CT molecular complexity index is 2050. The zero-order valence-corrected chi connectivity index (χ0v) is 22.6. The highest BCUT2D eigenvalue weighted by atomic mass is 15.0. The van der Waals surface area contributed by atoms with Crippen LogP contribution in [-0.4, -0.2) is 9.13 Å². The summed E-state index contributed by atoms with van der Waals surface area (Å²) in [6.45, 7) is 4.32. The lowest BCUT2D eigenvalue weighted by Gasteiger charge is -2.11. The number of fused-ring (bicyclic) bond motifs is 6. The Hall–Kier alpha value is -5.08. The molecule has 0 aliphatic heterocycles. The van der Waals surface area contributed by atoms with Crippen molar-refractivity contribution in [3.8, 4) is 22.5 Å². The van der Waals surface area contributed by atoms with Crippen LogP contribution in [0.25, 0.3) is 66.1 Å². The quantitative estimate of drug-likeness (QED) is 0.223. The van der Waals surface area contributed by atoms with Crippen molar-refractivity contribution in [2.45, 2.75) is 13.8 Å². The summed E-state index contributed by atoms with van der Waals surface area (Å²) < 4.78 is 4.75. The first-order chi connectivity index (χ1) is 19.7. The van der Waals surface area contributed by atoms with E-state index in [9.17, 15) is 0 Å². The normalized spacial score (nSPS) is 11.8. The highest BCUT2D eigenvalue weighted by Gasteiger charge is 2.14. The molecular formula is C38H28N2. The summed E-state index contributed by atoms with van der Waals surface area (Å²) in [5, 5.41) is 5.19. The predicted molar refractivity (Wildman–Crippen MR) is 170 cm³/mol. The van der Waals surface area contributed by atoms with Crippen LogP contribution in [0.1, 0.15) is 11.1 Å². The Morgan fingerprint density at radius 2 is 0.725 bits per heavy atom. The minimum absolute atomic E-state index is 1.18. The van der Waals surface area contributed by atoms with Gasteiger partial charge in [-0.25, -0.2) is 0 Å². The second-order valence-corrected chi connectivity index (χ2v) is 10.8. The van der Waals surface area contributed by atoms with Gasteiger partial charge in [0.25, 0.3) is 0 Å². The maximum atomic E-state index is 2.38. The summed E-state index contributed by atoms with van der Waals surface area (Å²) in [5.74, 6) is 0. The number of hydrogen-bond acceptors (Lipinski definition) is 0. The molecule has 190 valence electrons. The average Bonchev–Trinajstić information content (AvgIpc) is 3.50. The third-order valence-electron chi connectivity index (χ3n) is 8.24. The van der Waals surface area contributed by atoms with Crippen molar-refractivity contribution in [3.63, 3.8) is 0 Å². The van der Waals surface area contributed by atoms with E-state index in [1.165, 1.54) is 77.2 Å². The summed E-state index contributed by atoms with van der Waals surface area (Å²) in [6.07, 6.45) is 0. The van der Waals surface area contributed by atoms with Crippen molar-refractivity contribution in [1.82, 2.24) is 9.13 Å². The van der Waals surface area contributed by atoms with E-state index in [0.29, 0.717) is 0 Å². The van der Waals surface area contributed by atoms with Gasteiger partial charge in [0.15, 0.2) is 0 Å². The van der Waals surface area contributed by atoms with Gasteiger partial charge >= 0.3 is 0 Å². The van der Waals surface area contributed by atoms with Gasteiger partial charge in [0, 0.05) is 32.9 Å². The molecule has 2 aromatic heterocycles. The lowest BCUT2D eigenvalue weighted by Crippen LogP contribution is -1.94. The summed E-state index contributed by atoms with van der Waals surface area (Å²) >= 11 is 0. The number of rotatable bonds is 3. The Balaban J connectivity index is 1.19. The first-order valence-electron chi connectivity index (χ1n) is 13.9. The molecule has 0 atom stereocenters. The molecule has 0 radical (unpaired) electrons. The molecule has 0 saturated heterocycles. The third kappa shape index (κ3) is 3.43. The fourth-order valence-corrected chi connectivity index (χ4v) is 6.34. The van der Waals surface area contributed by atoms with Gasteiger partial charge in [0.2, 0.25) is 0 Å². The molecule has 2 heterocycles. The van der Waals surface area contributed by atoms with E-state index in [2.05, 4.69) is 156 Å². The molecule has 40 heavy (non-hydrogen) atoms. The Morgan fingerprint density at radius 3 is 1.15 bits per heavy atom. The molecule has 8 rings (SSSR count). The van der Waals surface area contributed by atoms with E-state index < -0.39 is 0 Å². The van der Waals surface area contributed by atoms with Crippen molar-refractivity contribution < 1.29 is 0 Å². The van der Waals surface area contributed by atoms with Gasteiger partial charge in [0.05, 0.1) is 22.1 Å². The topological polar surface area (TPSA) is 9.86 Å². The molecule has 8 aromatic rings. The Kier molecular flexibility index (Phi) is 4.99. The van der Waals surface area contributed by atoms with Gasteiger partial charge in [0.1, 0.15) is 0 Å². The number of hydrogen-bond donors (Lipinski definition) is 0. The smallest absolute Gasteiger partial charge is 0.0541 e. The summed E-state index contributed by atoms with van der Waals surface area (Å²) in [4.78, 5) is 0. The van der Waals surface area contributed by atoms with Crippen LogP contribution >= 0.6 is 0 Å². The highest BCUT2D eigenvalue weighted by Crippen LogP contribution is 2.35. The molecule has 0 bridgehead atoms. The van der Waals surface area contributed by atoms with Crippen molar-refractivity contribution in [2.75, 3.05) is 0 Å². The number of aromatic nitrogens is 2. The van der Waals surface area contributed by atoms with Crippen LogP contribution in [0.5, 0.6) is 0 Å². The SMILES string of the molecule is Cc1ccc2c(c1)c1ccccc1n2-c1ccc(-c2ccc(-n3c4ccccc4c4cc(C)ccc43)cc2)cc1. The Morgan fingerprint density at radius 1 is 0.350 bits per heavy atom. The van der Waals surface area contributed by atoms with Crippen LogP contribution in [0.3, 0.4) is 0 Å². The average molecular weight is 513 g/mol. The van der Waals surface area contributed by atoms with Gasteiger partial charge in [-0.1, -0.05) is 83.9 Å². The molecule has 0 saturated carbocycles. The van der Waals surface area contributed by atoms with E-state index in [4.69, 9.17) is 0 Å². The van der Waals surface area contributed by atoms with Gasteiger partial charge in [-0.2, -0.15) is 0 Å². The minimum Gasteiger partial charge on any atom is -0.309 e. The lowest BCUT2D eigenvalue weighted by atomic mass is 10.0. The zero-order valence-electron chi connectivity index (χ0n) is 22.6. The van der Waals surface area contributed by atoms with Crippen LogP contribution in [-0.2, 0) is 0 Å². The number of para-hydroxylation sites is 2. The summed E-state index contributed by atoms with van der Waals surface area (Å²) in [6, 6.07) is 48.8. The molecule has 0 aliphatic rings. The summed E-state index contributed by atoms with van der Waals surface area (Å²) in [5.41, 5.74) is 12.3. The highest BCUT2D eigenvalue weighted by molar-refractivity contribution is 6.10. The first-order valence-corrected chi connectivity index (χ1v) is 13.9. The van der Waals surface area contributed by atoms with E-state index in [1.54, 1.807) is 0 Å². The van der Waals surface area contributed by atoms with E-state index in [1.807, 2.05) is 0 Å². The van der Waals surface area contributed by atoms with Crippen molar-refractivity contribution >= 4 is 43.6 Å². The van der Waals surface area contributed by atoms with E-state index >= 15 is 0 Å². The lowest BCUT2D eigenvalue weighted by molar-refractivity contribution is 1.18. The standard InChI is InChI=1S/C38H28N2/c1-25-11-21-37-33(23-25)31-7-3-5-9-35(31)39(37)29-17-13-27(14-18-29)28-15-19-30(20-16-28)40-36-10-6-4-8-32(36)34-24-26(2)12-22-38(34)40/h3-24H,1-2H3. The second-order valence-electron chi connectivity index (χ2n) is 10.8. The fourth-order valence-electron chi connectivity index (χ4n) is 6.34. The summed E-state index contributed by atoms with van der Waals surface area (Å²) in [7, 11) is 0. The van der Waals surface area contributed by atoms with Gasteiger partial charge in [-0.05, 0) is 85.6 Å². The third-order valence-corrected chi connectivity index (χ3v) is 8.24. The largest absolute Gasteiger partial charge is 0.309 e. The van der Waals surface area contributed by atoms with Crippen molar-refractivity contribution in [1.29, 1.82) is 0 Å². The maximum absolute atomic E-state index is 2.38. The van der Waals surface area contributed by atoms with E-state index in [0.717, 1.165) is 0 Å². The van der Waals surface area contributed by atoms with Gasteiger partial charge in [-0.15, -0.1) is 0 Å². The Labute approximate surface area is 233 Å². The predicted octanol–water partition coefficient (Wildman–Crippen LogP) is 10.2. The molecule has 6 aromatic carbocycles. The monoisotopic (exact) mass is 512 g/mol. The van der Waals surface area contributed by atoms with Crippen molar-refractivity contribution in [3.05, 3.63) is 145 Å². The fraction of sp³-hybridized carbons (Fsp3) is 0.0526. The zero-order chi connectivity index (χ0) is 26.8. The maximum Gasteiger partial charge on any atom is 0.0541 e. The van der Waals surface area contributed by atoms with Crippen molar-refractivity contribution in [2.24, 2.45) is 0 Å². The first kappa shape index (κ1) is 22.9.